The van der Waals surface area contributed by atoms with E-state index in [2.05, 4.69) is 5.32 Å². The van der Waals surface area contributed by atoms with Gasteiger partial charge in [0.25, 0.3) is 5.91 Å². The smallest absolute Gasteiger partial charge is 0.289 e. The Kier molecular flexibility index (Phi) is 5.90. The molecular weight excluding hydrogens is 392 g/mol. The molecule has 0 bridgehead atoms. The molecule has 2 fully saturated rings. The fourth-order valence-electron chi connectivity index (χ4n) is 3.90. The highest BCUT2D eigenvalue weighted by molar-refractivity contribution is 6.32. The molecule has 1 saturated carbocycles. The van der Waals surface area contributed by atoms with Crippen LogP contribution in [0, 0.1) is 0 Å². The topological polar surface area (TPSA) is 71.8 Å². The van der Waals surface area contributed by atoms with Crippen molar-refractivity contribution in [1.82, 2.24) is 10.2 Å². The van der Waals surface area contributed by atoms with Gasteiger partial charge in [-0.1, -0.05) is 36.2 Å². The number of benzene rings is 1. The second kappa shape index (κ2) is 8.74. The number of nitrogens with one attached hydrogen (secondary N) is 1. The van der Waals surface area contributed by atoms with Gasteiger partial charge in [0.05, 0.1) is 18.8 Å². The van der Waals surface area contributed by atoms with Crippen molar-refractivity contribution in [3.8, 4) is 0 Å². The zero-order valence-corrected chi connectivity index (χ0v) is 16.7. The number of carbonyl (C=O) groups is 2. The highest BCUT2D eigenvalue weighted by atomic mass is 35.5. The molecule has 2 aromatic rings. The highest BCUT2D eigenvalue weighted by Crippen LogP contribution is 2.33. The Bertz CT molecular complexity index is 909. The molecule has 152 valence electrons. The number of carbonyl (C=O) groups excluding carboxylic acids is 2. The number of nitrogens with zero attached hydrogens (tertiary/aromatic N) is 1. The van der Waals surface area contributed by atoms with Crippen LogP contribution in [0.25, 0.3) is 6.08 Å². The van der Waals surface area contributed by atoms with Gasteiger partial charge in [0.2, 0.25) is 5.91 Å². The van der Waals surface area contributed by atoms with Crippen LogP contribution in [0.1, 0.15) is 37.0 Å². The third kappa shape index (κ3) is 4.48. The molecule has 2 unspecified atom stereocenters. The fourth-order valence-corrected chi connectivity index (χ4v) is 4.09. The van der Waals surface area contributed by atoms with Gasteiger partial charge in [0.15, 0.2) is 5.76 Å². The molecule has 1 saturated heterocycles. The van der Waals surface area contributed by atoms with Gasteiger partial charge in [0, 0.05) is 5.02 Å². The molecule has 2 amide bonds. The molecule has 0 spiro atoms. The second-order valence-electron chi connectivity index (χ2n) is 7.33. The Morgan fingerprint density at radius 3 is 2.83 bits per heavy atom. The van der Waals surface area contributed by atoms with Gasteiger partial charge in [-0.25, -0.2) is 0 Å². The van der Waals surface area contributed by atoms with Crippen LogP contribution in [0.3, 0.4) is 0 Å². The molecule has 1 N–H and O–H groups in total. The lowest BCUT2D eigenvalue weighted by atomic mass is 9.89. The summed E-state index contributed by atoms with van der Waals surface area (Å²) in [5, 5.41) is 3.36. The number of morpholine rings is 1. The standard InChI is InChI=1S/C22H23ClN2O4/c23-17-8-2-1-6-15(17)12-20-22(27)25(18-9-3-4-10-19(18)29-20)14-21(26)24-13-16-7-5-11-28-16/h1-2,5-8,11-12,18-19H,3-4,9-10,13-14H2,(H,24,26)/b20-12+. The van der Waals surface area contributed by atoms with Gasteiger partial charge < -0.3 is 19.4 Å². The lowest BCUT2D eigenvalue weighted by Gasteiger charge is -2.44. The molecular formula is C22H23ClN2O4. The van der Waals surface area contributed by atoms with Crippen LogP contribution in [-0.2, 0) is 20.9 Å². The minimum absolute atomic E-state index is 0.00999. The average molecular weight is 415 g/mol. The van der Waals surface area contributed by atoms with Crippen LogP contribution in [0.5, 0.6) is 0 Å². The maximum atomic E-state index is 13.2. The van der Waals surface area contributed by atoms with Crippen LogP contribution in [-0.4, -0.2) is 35.4 Å². The number of hydrogen-bond acceptors (Lipinski definition) is 4. The summed E-state index contributed by atoms with van der Waals surface area (Å²) in [4.78, 5) is 27.3. The largest absolute Gasteiger partial charge is 0.482 e. The third-order valence-electron chi connectivity index (χ3n) is 5.36. The van der Waals surface area contributed by atoms with E-state index >= 15 is 0 Å². The summed E-state index contributed by atoms with van der Waals surface area (Å²) in [5.74, 6) is 0.404. The number of ether oxygens (including phenoxy) is 1. The van der Waals surface area contributed by atoms with Gasteiger partial charge in [-0.2, -0.15) is 0 Å². The number of fused-ring (bicyclic) bond motifs is 1. The fraction of sp³-hybridized carbons (Fsp3) is 0.364. The van der Waals surface area contributed by atoms with Crippen molar-refractivity contribution in [2.45, 2.75) is 44.4 Å². The van der Waals surface area contributed by atoms with Crippen molar-refractivity contribution in [3.63, 3.8) is 0 Å². The van der Waals surface area contributed by atoms with Gasteiger partial charge in [-0.05, 0) is 49.1 Å². The first-order valence-electron chi connectivity index (χ1n) is 9.85. The summed E-state index contributed by atoms with van der Waals surface area (Å²) in [6.07, 6.45) is 6.89. The van der Waals surface area contributed by atoms with Crippen molar-refractivity contribution in [2.24, 2.45) is 0 Å². The number of rotatable bonds is 5. The zero-order chi connectivity index (χ0) is 20.2. The molecule has 1 aromatic carbocycles. The summed E-state index contributed by atoms with van der Waals surface area (Å²) in [6.45, 7) is 0.282. The van der Waals surface area contributed by atoms with E-state index in [4.69, 9.17) is 20.8 Å². The quantitative estimate of drug-likeness (QED) is 0.756. The Hall–Kier alpha value is -2.73. The van der Waals surface area contributed by atoms with E-state index in [9.17, 15) is 9.59 Å². The Morgan fingerprint density at radius 2 is 2.03 bits per heavy atom. The third-order valence-corrected chi connectivity index (χ3v) is 5.71. The van der Waals surface area contributed by atoms with Crippen LogP contribution in [0.2, 0.25) is 5.02 Å². The minimum Gasteiger partial charge on any atom is -0.482 e. The molecule has 0 radical (unpaired) electrons. The summed E-state index contributed by atoms with van der Waals surface area (Å²) < 4.78 is 11.3. The van der Waals surface area contributed by atoms with Crippen molar-refractivity contribution in [3.05, 3.63) is 64.8 Å². The molecule has 4 rings (SSSR count). The maximum absolute atomic E-state index is 13.2. The Morgan fingerprint density at radius 1 is 1.21 bits per heavy atom. The van der Waals surface area contributed by atoms with Gasteiger partial charge in [-0.15, -0.1) is 0 Å². The summed E-state index contributed by atoms with van der Waals surface area (Å²) in [6, 6.07) is 10.8. The molecule has 2 atom stereocenters. The minimum atomic E-state index is -0.277. The van der Waals surface area contributed by atoms with E-state index in [0.717, 1.165) is 25.7 Å². The molecule has 1 aromatic heterocycles. The van der Waals surface area contributed by atoms with E-state index in [0.29, 0.717) is 22.9 Å². The zero-order valence-electron chi connectivity index (χ0n) is 16.0. The predicted octanol–water partition coefficient (Wildman–Crippen LogP) is 3.76. The second-order valence-corrected chi connectivity index (χ2v) is 7.73. The van der Waals surface area contributed by atoms with Crippen molar-refractivity contribution in [1.29, 1.82) is 0 Å². The van der Waals surface area contributed by atoms with Gasteiger partial charge in [0.1, 0.15) is 18.4 Å². The van der Waals surface area contributed by atoms with E-state index in [1.54, 1.807) is 35.4 Å². The lowest BCUT2D eigenvalue weighted by molar-refractivity contribution is -0.151. The van der Waals surface area contributed by atoms with Crippen LogP contribution < -0.4 is 5.32 Å². The number of furan rings is 1. The molecule has 2 aliphatic rings. The first-order valence-corrected chi connectivity index (χ1v) is 10.2. The molecule has 1 aliphatic carbocycles. The summed E-state index contributed by atoms with van der Waals surface area (Å²) >= 11 is 6.24. The molecule has 6 nitrogen and oxygen atoms in total. The predicted molar refractivity (Wildman–Crippen MR) is 109 cm³/mol. The molecule has 1 aliphatic heterocycles. The molecule has 29 heavy (non-hydrogen) atoms. The number of halogens is 1. The monoisotopic (exact) mass is 414 g/mol. The van der Waals surface area contributed by atoms with Crippen molar-refractivity contribution >= 4 is 29.5 Å². The van der Waals surface area contributed by atoms with Crippen LogP contribution in [0.4, 0.5) is 0 Å². The SMILES string of the molecule is O=C(CN1C(=O)/C(=C\c2ccccc2Cl)OC2CCCCC21)NCc1ccco1. The van der Waals surface area contributed by atoms with E-state index in [-0.39, 0.29) is 36.3 Å². The van der Waals surface area contributed by atoms with Gasteiger partial charge in [-0.3, -0.25) is 9.59 Å². The summed E-state index contributed by atoms with van der Waals surface area (Å²) in [5.41, 5.74) is 0.717. The molecule has 2 heterocycles. The van der Waals surface area contributed by atoms with E-state index in [1.807, 2.05) is 18.2 Å². The summed E-state index contributed by atoms with van der Waals surface area (Å²) in [7, 11) is 0. The highest BCUT2D eigenvalue weighted by Gasteiger charge is 2.42. The number of amides is 2. The first kappa shape index (κ1) is 19.6. The number of hydrogen-bond donors (Lipinski definition) is 1. The van der Waals surface area contributed by atoms with Crippen LogP contribution >= 0.6 is 11.6 Å². The van der Waals surface area contributed by atoms with E-state index < -0.39 is 0 Å². The van der Waals surface area contributed by atoms with Crippen molar-refractivity contribution in [2.75, 3.05) is 6.54 Å². The normalized spacial score (nSPS) is 22.9. The molecule has 7 heteroatoms. The first-order chi connectivity index (χ1) is 14.1. The van der Waals surface area contributed by atoms with E-state index in [1.165, 1.54) is 0 Å². The lowest BCUT2D eigenvalue weighted by Crippen LogP contribution is -2.57. The van der Waals surface area contributed by atoms with Gasteiger partial charge >= 0.3 is 0 Å². The Labute approximate surface area is 174 Å². The Balaban J connectivity index is 1.52. The maximum Gasteiger partial charge on any atom is 0.289 e. The van der Waals surface area contributed by atoms with Crippen LogP contribution in [0.15, 0.2) is 52.8 Å². The average Bonchev–Trinajstić information content (AvgIpc) is 3.25. The van der Waals surface area contributed by atoms with Crippen molar-refractivity contribution < 1.29 is 18.7 Å².